The molecule has 2 aromatic heterocycles. The molecule has 1 unspecified atom stereocenters. The molecule has 7 nitrogen and oxygen atoms in total. The molecule has 0 fully saturated rings. The number of thiazole rings is 1. The number of aryl methyl sites for hydroxylation is 2. The van der Waals surface area contributed by atoms with Crippen molar-refractivity contribution < 1.29 is 19.4 Å². The Morgan fingerprint density at radius 3 is 2.56 bits per heavy atom. The van der Waals surface area contributed by atoms with E-state index >= 15 is 0 Å². The van der Waals surface area contributed by atoms with Gasteiger partial charge in [-0.15, -0.1) is 16.4 Å². The van der Waals surface area contributed by atoms with Crippen LogP contribution in [-0.2, 0) is 6.42 Å². The highest BCUT2D eigenvalue weighted by molar-refractivity contribution is 7.13. The molecule has 0 bridgehead atoms. The number of hydrogen-bond donors (Lipinski definition) is 2. The maximum atomic E-state index is 13.1. The molecular formula is C16H15FN4O3S. The van der Waals surface area contributed by atoms with Crippen LogP contribution in [0.3, 0.4) is 0 Å². The first-order valence-corrected chi connectivity index (χ1v) is 8.24. The topological polar surface area (TPSA) is 101 Å². The van der Waals surface area contributed by atoms with Crippen molar-refractivity contribution in [2.24, 2.45) is 0 Å². The third kappa shape index (κ3) is 3.42. The number of halogens is 1. The zero-order valence-electron chi connectivity index (χ0n) is 13.5. The van der Waals surface area contributed by atoms with Crippen molar-refractivity contribution in [1.82, 2.24) is 20.0 Å². The number of aliphatic hydroxyl groups excluding tert-OH is 1. The van der Waals surface area contributed by atoms with E-state index in [9.17, 15) is 14.3 Å². The average molecular weight is 362 g/mol. The molecule has 0 spiro atoms. The molecule has 3 rings (SSSR count). The number of carboxylic acid groups (broad SMARTS) is 1. The highest BCUT2D eigenvalue weighted by Gasteiger charge is 2.23. The van der Waals surface area contributed by atoms with Gasteiger partial charge in [-0.3, -0.25) is 0 Å². The van der Waals surface area contributed by atoms with Crippen molar-refractivity contribution in [3.05, 3.63) is 57.0 Å². The van der Waals surface area contributed by atoms with Gasteiger partial charge in [0.25, 0.3) is 0 Å². The molecule has 0 saturated heterocycles. The van der Waals surface area contributed by atoms with E-state index in [-0.39, 0.29) is 17.1 Å². The summed E-state index contributed by atoms with van der Waals surface area (Å²) in [6.45, 7) is 3.33. The Bertz CT molecular complexity index is 920. The number of aromatic nitrogens is 4. The van der Waals surface area contributed by atoms with Gasteiger partial charge in [-0.05, 0) is 38.1 Å². The highest BCUT2D eigenvalue weighted by atomic mass is 32.1. The molecule has 0 aliphatic rings. The van der Waals surface area contributed by atoms with Gasteiger partial charge in [0.2, 0.25) is 0 Å². The Kier molecular flexibility index (Phi) is 4.60. The number of hydrogen-bond acceptors (Lipinski definition) is 6. The van der Waals surface area contributed by atoms with Crippen molar-refractivity contribution in [3.63, 3.8) is 0 Å². The predicted octanol–water partition coefficient (Wildman–Crippen LogP) is 2.45. The lowest BCUT2D eigenvalue weighted by Gasteiger charge is -2.12. The molecule has 0 aliphatic carbocycles. The first-order chi connectivity index (χ1) is 11.9. The van der Waals surface area contributed by atoms with Crippen LogP contribution in [0.15, 0.2) is 24.3 Å². The second-order valence-corrected chi connectivity index (χ2v) is 6.58. The van der Waals surface area contributed by atoms with E-state index < -0.39 is 12.1 Å². The first kappa shape index (κ1) is 17.2. The molecule has 0 amide bonds. The lowest BCUT2D eigenvalue weighted by molar-refractivity contribution is 0.0701. The smallest absolute Gasteiger partial charge is 0.347 e. The molecule has 130 valence electrons. The number of aliphatic hydroxyl groups is 1. The number of aromatic carboxylic acids is 1. The van der Waals surface area contributed by atoms with E-state index in [2.05, 4.69) is 15.3 Å². The molecule has 2 N–H and O–H groups in total. The SMILES string of the molecule is Cc1nc(CC(O)c2c(C)nnn2-c2ccc(F)cc2)sc1C(=O)O. The van der Waals surface area contributed by atoms with E-state index in [0.717, 1.165) is 11.3 Å². The van der Waals surface area contributed by atoms with E-state index in [1.807, 2.05) is 0 Å². The fraction of sp³-hybridized carbons (Fsp3) is 0.250. The Morgan fingerprint density at radius 1 is 1.28 bits per heavy atom. The monoisotopic (exact) mass is 362 g/mol. The lowest BCUT2D eigenvalue weighted by atomic mass is 10.1. The van der Waals surface area contributed by atoms with Crippen molar-refractivity contribution in [2.75, 3.05) is 0 Å². The fourth-order valence-electron chi connectivity index (χ4n) is 2.52. The normalized spacial score (nSPS) is 12.3. The average Bonchev–Trinajstić information content (AvgIpc) is 3.11. The number of nitrogens with zero attached hydrogens (tertiary/aromatic N) is 4. The van der Waals surface area contributed by atoms with Gasteiger partial charge in [0.05, 0.1) is 27.8 Å². The summed E-state index contributed by atoms with van der Waals surface area (Å²) < 4.78 is 14.6. The van der Waals surface area contributed by atoms with Crippen LogP contribution >= 0.6 is 11.3 Å². The van der Waals surface area contributed by atoms with E-state index in [0.29, 0.717) is 27.8 Å². The molecule has 0 aliphatic heterocycles. The minimum absolute atomic E-state index is 0.133. The van der Waals surface area contributed by atoms with E-state index in [4.69, 9.17) is 5.11 Å². The summed E-state index contributed by atoms with van der Waals surface area (Å²) in [5, 5.41) is 28.2. The van der Waals surface area contributed by atoms with Crippen LogP contribution in [0.5, 0.6) is 0 Å². The van der Waals surface area contributed by atoms with Crippen LogP contribution in [0.2, 0.25) is 0 Å². The van der Waals surface area contributed by atoms with E-state index in [1.54, 1.807) is 13.8 Å². The Labute approximate surface area is 146 Å². The summed E-state index contributed by atoms with van der Waals surface area (Å²) in [4.78, 5) is 15.5. The molecule has 9 heteroatoms. The molecule has 25 heavy (non-hydrogen) atoms. The van der Waals surface area contributed by atoms with Crippen LogP contribution in [-0.4, -0.2) is 36.2 Å². The maximum Gasteiger partial charge on any atom is 0.347 e. The maximum absolute atomic E-state index is 13.1. The third-order valence-corrected chi connectivity index (χ3v) is 4.84. The number of carboxylic acids is 1. The van der Waals surface area contributed by atoms with Gasteiger partial charge in [-0.1, -0.05) is 5.21 Å². The number of benzene rings is 1. The summed E-state index contributed by atoms with van der Waals surface area (Å²) in [6.07, 6.45) is -0.846. The lowest BCUT2D eigenvalue weighted by Crippen LogP contribution is -2.11. The second-order valence-electron chi connectivity index (χ2n) is 5.50. The van der Waals surface area contributed by atoms with Crippen LogP contribution in [0.25, 0.3) is 5.69 Å². The molecular weight excluding hydrogens is 347 g/mol. The van der Waals surface area contributed by atoms with Gasteiger partial charge < -0.3 is 10.2 Å². The molecule has 0 saturated carbocycles. The zero-order chi connectivity index (χ0) is 18.1. The Balaban J connectivity index is 1.91. The zero-order valence-corrected chi connectivity index (χ0v) is 14.3. The molecule has 0 radical (unpaired) electrons. The fourth-order valence-corrected chi connectivity index (χ4v) is 3.46. The van der Waals surface area contributed by atoms with Crippen LogP contribution in [0.1, 0.15) is 37.9 Å². The summed E-state index contributed by atoms with van der Waals surface area (Å²) in [6, 6.07) is 5.67. The van der Waals surface area contributed by atoms with Gasteiger partial charge in [0, 0.05) is 6.42 Å². The number of carbonyl (C=O) groups is 1. The molecule has 2 heterocycles. The van der Waals surface area contributed by atoms with E-state index in [1.165, 1.54) is 28.9 Å². The van der Waals surface area contributed by atoms with Gasteiger partial charge in [0.1, 0.15) is 16.8 Å². The number of rotatable bonds is 5. The van der Waals surface area contributed by atoms with Crippen LogP contribution in [0, 0.1) is 19.7 Å². The largest absolute Gasteiger partial charge is 0.477 e. The first-order valence-electron chi connectivity index (χ1n) is 7.42. The quantitative estimate of drug-likeness (QED) is 0.723. The molecule has 1 aromatic carbocycles. The predicted molar refractivity (Wildman–Crippen MR) is 88.5 cm³/mol. The Hall–Kier alpha value is -2.65. The Morgan fingerprint density at radius 2 is 1.96 bits per heavy atom. The van der Waals surface area contributed by atoms with Crippen LogP contribution in [0.4, 0.5) is 4.39 Å². The third-order valence-electron chi connectivity index (χ3n) is 3.67. The highest BCUT2D eigenvalue weighted by Crippen LogP contribution is 2.26. The summed E-state index contributed by atoms with van der Waals surface area (Å²) >= 11 is 1.03. The van der Waals surface area contributed by atoms with Gasteiger partial charge in [-0.25, -0.2) is 18.9 Å². The van der Waals surface area contributed by atoms with Crippen LogP contribution < -0.4 is 0 Å². The van der Waals surface area contributed by atoms with Crippen molar-refractivity contribution >= 4 is 17.3 Å². The molecule has 1 atom stereocenters. The second kappa shape index (κ2) is 6.69. The standard InChI is InChI=1S/C16H15FN4O3S/c1-8-14(21(20-19-8)11-5-3-10(17)4-6-11)12(22)7-13-18-9(2)15(25-13)16(23)24/h3-6,12,22H,7H2,1-2H3,(H,23,24). The summed E-state index contributed by atoms with van der Waals surface area (Å²) in [7, 11) is 0. The van der Waals surface area contributed by atoms with Gasteiger partial charge >= 0.3 is 5.97 Å². The minimum atomic E-state index is -1.04. The van der Waals surface area contributed by atoms with Crippen molar-refractivity contribution in [2.45, 2.75) is 26.4 Å². The minimum Gasteiger partial charge on any atom is -0.477 e. The van der Waals surface area contributed by atoms with Gasteiger partial charge in [0.15, 0.2) is 0 Å². The van der Waals surface area contributed by atoms with Crippen molar-refractivity contribution in [1.29, 1.82) is 0 Å². The summed E-state index contributed by atoms with van der Waals surface area (Å²) in [5.41, 5.74) is 1.97. The summed E-state index contributed by atoms with van der Waals surface area (Å²) in [5.74, 6) is -1.41. The van der Waals surface area contributed by atoms with Gasteiger partial charge in [-0.2, -0.15) is 0 Å². The molecule has 3 aromatic rings. The van der Waals surface area contributed by atoms with Crippen molar-refractivity contribution in [3.8, 4) is 5.69 Å².